The molecule has 1 aliphatic rings. The van der Waals surface area contributed by atoms with Gasteiger partial charge in [-0.25, -0.2) is 13.4 Å². The van der Waals surface area contributed by atoms with E-state index in [4.69, 9.17) is 4.74 Å². The maximum Gasteiger partial charge on any atom is 0.243 e. The topological polar surface area (TPSA) is 88.6 Å². The normalized spacial score (nSPS) is 15.4. The maximum atomic E-state index is 12.9. The van der Waals surface area contributed by atoms with Gasteiger partial charge in [0.05, 0.1) is 17.7 Å². The van der Waals surface area contributed by atoms with E-state index in [1.807, 2.05) is 37.4 Å². The lowest BCUT2D eigenvalue weighted by molar-refractivity contribution is -0.120. The molecule has 1 aliphatic heterocycles. The molecule has 33 heavy (non-hydrogen) atoms. The van der Waals surface area contributed by atoms with Gasteiger partial charge in [-0.15, -0.1) is 11.3 Å². The third-order valence-corrected chi connectivity index (χ3v) is 8.52. The maximum absolute atomic E-state index is 12.9. The number of carbonyl (C=O) groups excluding carboxylic acids is 1. The van der Waals surface area contributed by atoms with E-state index in [1.165, 1.54) is 15.6 Å². The van der Waals surface area contributed by atoms with Crippen molar-refractivity contribution in [1.82, 2.24) is 9.29 Å². The molecule has 4 rings (SSSR count). The summed E-state index contributed by atoms with van der Waals surface area (Å²) in [6.07, 6.45) is 0.946. The number of nitrogens with one attached hydrogen (secondary N) is 1. The smallest absolute Gasteiger partial charge is 0.243 e. The number of benzene rings is 2. The van der Waals surface area contributed by atoms with Gasteiger partial charge in [-0.1, -0.05) is 29.3 Å². The third-order valence-electron chi connectivity index (χ3n) is 5.85. The van der Waals surface area contributed by atoms with Crippen LogP contribution in [0.5, 0.6) is 5.75 Å². The Kier molecular flexibility index (Phi) is 6.83. The molecule has 0 aliphatic carbocycles. The molecule has 7 nitrogen and oxygen atoms in total. The minimum absolute atomic E-state index is 0.125. The van der Waals surface area contributed by atoms with Crippen molar-refractivity contribution in [3.05, 3.63) is 59.0 Å². The summed E-state index contributed by atoms with van der Waals surface area (Å²) in [6.45, 7) is 4.56. The van der Waals surface area contributed by atoms with E-state index >= 15 is 0 Å². The fourth-order valence-corrected chi connectivity index (χ4v) is 6.09. The molecule has 0 spiro atoms. The lowest BCUT2D eigenvalue weighted by Crippen LogP contribution is -2.41. The molecule has 0 radical (unpaired) electrons. The fraction of sp³-hybridized carbons (Fsp3) is 0.333. The molecule has 3 aromatic rings. The number of aromatic nitrogens is 1. The van der Waals surface area contributed by atoms with Crippen LogP contribution in [0.25, 0.3) is 11.3 Å². The van der Waals surface area contributed by atoms with E-state index in [1.54, 1.807) is 31.4 Å². The van der Waals surface area contributed by atoms with Crippen molar-refractivity contribution in [3.63, 3.8) is 0 Å². The van der Waals surface area contributed by atoms with Crippen LogP contribution in [0.3, 0.4) is 0 Å². The quantitative estimate of drug-likeness (QED) is 0.556. The van der Waals surface area contributed by atoms with Crippen LogP contribution in [-0.2, 0) is 14.8 Å². The number of hydrogen-bond acceptors (Lipinski definition) is 6. The van der Waals surface area contributed by atoms with E-state index < -0.39 is 10.0 Å². The molecule has 0 atom stereocenters. The number of sulfonamides is 1. The van der Waals surface area contributed by atoms with Gasteiger partial charge in [0.1, 0.15) is 5.75 Å². The van der Waals surface area contributed by atoms with Crippen LogP contribution in [0.2, 0.25) is 0 Å². The van der Waals surface area contributed by atoms with Crippen LogP contribution >= 0.6 is 11.3 Å². The molecule has 1 aromatic heterocycles. The van der Waals surface area contributed by atoms with Crippen LogP contribution in [0, 0.1) is 19.8 Å². The number of ether oxygens (including phenoxy) is 1. The molecule has 0 unspecified atom stereocenters. The summed E-state index contributed by atoms with van der Waals surface area (Å²) < 4.78 is 32.7. The van der Waals surface area contributed by atoms with Crippen LogP contribution in [0.15, 0.2) is 52.7 Å². The molecular weight excluding hydrogens is 458 g/mol. The Morgan fingerprint density at radius 3 is 2.42 bits per heavy atom. The van der Waals surface area contributed by atoms with Crippen molar-refractivity contribution in [2.45, 2.75) is 31.6 Å². The van der Waals surface area contributed by atoms with Gasteiger partial charge in [0.15, 0.2) is 5.13 Å². The predicted molar refractivity (Wildman–Crippen MR) is 130 cm³/mol. The zero-order chi connectivity index (χ0) is 23.6. The molecule has 0 bridgehead atoms. The summed E-state index contributed by atoms with van der Waals surface area (Å²) in [5, 5.41) is 5.32. The lowest BCUT2D eigenvalue weighted by Gasteiger charge is -2.30. The van der Waals surface area contributed by atoms with Gasteiger partial charge in [0.25, 0.3) is 0 Å². The van der Waals surface area contributed by atoms with Gasteiger partial charge in [-0.05, 0) is 51.0 Å². The Morgan fingerprint density at radius 1 is 1.09 bits per heavy atom. The lowest BCUT2D eigenvalue weighted by atomic mass is 9.97. The first-order valence-electron chi connectivity index (χ1n) is 10.8. The highest BCUT2D eigenvalue weighted by Gasteiger charge is 2.32. The zero-order valence-electron chi connectivity index (χ0n) is 18.9. The third kappa shape index (κ3) is 5.10. The SMILES string of the molecule is COc1ccc(C)cc1-c1csc(NC(=O)C2CCN(S(=O)(=O)c3ccc(C)cc3)CC2)n1. The van der Waals surface area contributed by atoms with Crippen molar-refractivity contribution >= 4 is 32.4 Å². The van der Waals surface area contributed by atoms with Gasteiger partial charge < -0.3 is 10.1 Å². The van der Waals surface area contributed by atoms with Crippen molar-refractivity contribution in [3.8, 4) is 17.0 Å². The van der Waals surface area contributed by atoms with Gasteiger partial charge in [-0.2, -0.15) is 4.31 Å². The summed E-state index contributed by atoms with van der Waals surface area (Å²) >= 11 is 1.36. The molecule has 0 saturated carbocycles. The second-order valence-corrected chi connectivity index (χ2v) is 11.0. The number of nitrogens with zero attached hydrogens (tertiary/aromatic N) is 2. The average Bonchev–Trinajstić information content (AvgIpc) is 3.27. The number of amides is 1. The Hall–Kier alpha value is -2.75. The molecule has 1 N–H and O–H groups in total. The largest absolute Gasteiger partial charge is 0.496 e. The van der Waals surface area contributed by atoms with Gasteiger partial charge >= 0.3 is 0 Å². The predicted octanol–water partition coefficient (Wildman–Crippen LogP) is 4.47. The standard InChI is InChI=1S/C24H27N3O4S2/c1-16-4-7-19(8-5-16)33(29,30)27-12-10-18(11-13-27)23(28)26-24-25-21(15-32-24)20-14-17(2)6-9-22(20)31-3/h4-9,14-15,18H,10-13H2,1-3H3,(H,25,26,28). The number of anilines is 1. The number of methoxy groups -OCH3 is 1. The van der Waals surface area contributed by atoms with E-state index in [-0.39, 0.29) is 16.7 Å². The molecule has 174 valence electrons. The molecule has 1 fully saturated rings. The molecule has 1 saturated heterocycles. The Balaban J connectivity index is 1.38. The molecule has 9 heteroatoms. The van der Waals surface area contributed by atoms with E-state index in [9.17, 15) is 13.2 Å². The minimum Gasteiger partial charge on any atom is -0.496 e. The fourth-order valence-electron chi connectivity index (χ4n) is 3.90. The highest BCUT2D eigenvalue weighted by Crippen LogP contribution is 2.33. The van der Waals surface area contributed by atoms with Gasteiger partial charge in [-0.3, -0.25) is 4.79 Å². The van der Waals surface area contributed by atoms with E-state index in [0.29, 0.717) is 31.1 Å². The summed E-state index contributed by atoms with van der Waals surface area (Å²) in [7, 11) is -1.93. The summed E-state index contributed by atoms with van der Waals surface area (Å²) in [4.78, 5) is 17.7. The number of thiazole rings is 1. The number of piperidine rings is 1. The van der Waals surface area contributed by atoms with Gasteiger partial charge in [0.2, 0.25) is 15.9 Å². The first-order chi connectivity index (χ1) is 15.8. The summed E-state index contributed by atoms with van der Waals surface area (Å²) in [5.41, 5.74) is 3.73. The van der Waals surface area contributed by atoms with Crippen LogP contribution < -0.4 is 10.1 Å². The number of carbonyl (C=O) groups is 1. The first-order valence-corrected chi connectivity index (χ1v) is 13.1. The van der Waals surface area contributed by atoms with E-state index in [2.05, 4.69) is 10.3 Å². The number of rotatable bonds is 6. The number of aryl methyl sites for hydroxylation is 2. The zero-order valence-corrected chi connectivity index (χ0v) is 20.5. The minimum atomic E-state index is -3.54. The highest BCUT2D eigenvalue weighted by atomic mass is 32.2. The first kappa shape index (κ1) is 23.4. The van der Waals surface area contributed by atoms with Crippen molar-refractivity contribution < 1.29 is 17.9 Å². The van der Waals surface area contributed by atoms with Crippen molar-refractivity contribution in [2.24, 2.45) is 5.92 Å². The number of hydrogen-bond donors (Lipinski definition) is 1. The Bertz CT molecular complexity index is 1240. The molecule has 2 heterocycles. The molecule has 1 amide bonds. The van der Waals surface area contributed by atoms with Crippen LogP contribution in [0.1, 0.15) is 24.0 Å². The Labute approximate surface area is 198 Å². The molecule has 2 aromatic carbocycles. The summed E-state index contributed by atoms with van der Waals surface area (Å²) in [5.74, 6) is 0.348. The second-order valence-electron chi connectivity index (χ2n) is 8.22. The van der Waals surface area contributed by atoms with E-state index in [0.717, 1.165) is 28.1 Å². The monoisotopic (exact) mass is 485 g/mol. The Morgan fingerprint density at radius 2 is 1.76 bits per heavy atom. The van der Waals surface area contributed by atoms with Gasteiger partial charge in [0, 0.05) is 30.0 Å². The van der Waals surface area contributed by atoms with Crippen molar-refractivity contribution in [1.29, 1.82) is 0 Å². The highest BCUT2D eigenvalue weighted by molar-refractivity contribution is 7.89. The van der Waals surface area contributed by atoms with Crippen LogP contribution in [0.4, 0.5) is 5.13 Å². The average molecular weight is 486 g/mol. The summed E-state index contributed by atoms with van der Waals surface area (Å²) in [6, 6.07) is 12.7. The second kappa shape index (κ2) is 9.62. The van der Waals surface area contributed by atoms with Crippen LogP contribution in [-0.4, -0.2) is 43.8 Å². The van der Waals surface area contributed by atoms with Crippen molar-refractivity contribution in [2.75, 3.05) is 25.5 Å². The molecular formula is C24H27N3O4S2.